The SMILES string of the molecule is CN1C(=O)C[C@@](C)(c2cnn(-c3cc(Cl)cc(C#N)c3)c2)N=C1N. The highest BCUT2D eigenvalue weighted by molar-refractivity contribution is 6.30. The molecule has 0 saturated heterocycles. The Morgan fingerprint density at radius 1 is 1.42 bits per heavy atom. The van der Waals surface area contributed by atoms with Crippen LogP contribution in [-0.4, -0.2) is 33.6 Å². The smallest absolute Gasteiger partial charge is 0.231 e. The van der Waals surface area contributed by atoms with Crippen molar-refractivity contribution in [3.05, 3.63) is 46.7 Å². The van der Waals surface area contributed by atoms with E-state index in [9.17, 15) is 4.79 Å². The Labute approximate surface area is 143 Å². The van der Waals surface area contributed by atoms with Crippen LogP contribution in [0.25, 0.3) is 5.69 Å². The number of benzene rings is 1. The van der Waals surface area contributed by atoms with Gasteiger partial charge in [-0.15, -0.1) is 0 Å². The monoisotopic (exact) mass is 342 g/mol. The molecule has 2 N–H and O–H groups in total. The van der Waals surface area contributed by atoms with E-state index in [2.05, 4.69) is 16.2 Å². The average Bonchev–Trinajstić information content (AvgIpc) is 3.03. The van der Waals surface area contributed by atoms with Gasteiger partial charge in [0.2, 0.25) is 5.91 Å². The number of nitrogens with two attached hydrogens (primary N) is 1. The molecule has 1 aliphatic rings. The van der Waals surface area contributed by atoms with Crippen molar-refractivity contribution >= 4 is 23.5 Å². The fourth-order valence-corrected chi connectivity index (χ4v) is 2.82. The maximum Gasteiger partial charge on any atom is 0.231 e. The number of hydrogen-bond donors (Lipinski definition) is 1. The van der Waals surface area contributed by atoms with E-state index >= 15 is 0 Å². The summed E-state index contributed by atoms with van der Waals surface area (Å²) in [5.41, 5.74) is 6.91. The van der Waals surface area contributed by atoms with E-state index in [-0.39, 0.29) is 18.3 Å². The van der Waals surface area contributed by atoms with Gasteiger partial charge >= 0.3 is 0 Å². The Kier molecular flexibility index (Phi) is 3.78. The first-order valence-electron chi connectivity index (χ1n) is 7.20. The van der Waals surface area contributed by atoms with Gasteiger partial charge in [0, 0.05) is 23.8 Å². The van der Waals surface area contributed by atoms with Crippen molar-refractivity contribution in [1.29, 1.82) is 5.26 Å². The summed E-state index contributed by atoms with van der Waals surface area (Å²) in [6, 6.07) is 7.03. The zero-order chi connectivity index (χ0) is 17.5. The van der Waals surface area contributed by atoms with Crippen LogP contribution in [0.2, 0.25) is 5.02 Å². The molecule has 1 aromatic heterocycles. The van der Waals surface area contributed by atoms with Crippen LogP contribution >= 0.6 is 11.6 Å². The summed E-state index contributed by atoms with van der Waals surface area (Å²) in [5, 5.41) is 13.8. The lowest BCUT2D eigenvalue weighted by atomic mass is 9.90. The highest BCUT2D eigenvalue weighted by atomic mass is 35.5. The van der Waals surface area contributed by atoms with Crippen molar-refractivity contribution in [2.75, 3.05) is 7.05 Å². The van der Waals surface area contributed by atoms with Gasteiger partial charge in [0.1, 0.15) is 0 Å². The molecule has 0 radical (unpaired) electrons. The molecule has 0 aliphatic carbocycles. The standard InChI is InChI=1S/C16H15ClN6O/c1-16(6-14(24)22(2)15(19)21-16)11-8-20-23(9-11)13-4-10(7-18)3-12(17)5-13/h3-5,8-9H,6H2,1-2H3,(H2,19,21)/t16-/m0/s1. The Bertz CT molecular complexity index is 896. The first-order chi connectivity index (χ1) is 11.3. The van der Waals surface area contributed by atoms with Crippen molar-refractivity contribution < 1.29 is 4.79 Å². The summed E-state index contributed by atoms with van der Waals surface area (Å²) >= 11 is 6.04. The molecule has 122 valence electrons. The van der Waals surface area contributed by atoms with Crippen molar-refractivity contribution in [2.45, 2.75) is 18.9 Å². The van der Waals surface area contributed by atoms with Crippen molar-refractivity contribution in [3.63, 3.8) is 0 Å². The zero-order valence-corrected chi connectivity index (χ0v) is 13.9. The first kappa shape index (κ1) is 16.0. The van der Waals surface area contributed by atoms with E-state index in [0.29, 0.717) is 16.3 Å². The highest BCUT2D eigenvalue weighted by Crippen LogP contribution is 2.33. The van der Waals surface area contributed by atoms with Gasteiger partial charge in [-0.1, -0.05) is 11.6 Å². The molecular formula is C16H15ClN6O. The van der Waals surface area contributed by atoms with E-state index in [4.69, 9.17) is 22.6 Å². The number of carbonyl (C=O) groups excluding carboxylic acids is 1. The van der Waals surface area contributed by atoms with Gasteiger partial charge < -0.3 is 5.73 Å². The first-order valence-corrected chi connectivity index (χ1v) is 7.58. The van der Waals surface area contributed by atoms with E-state index in [0.717, 1.165) is 5.56 Å². The molecule has 1 amide bonds. The minimum absolute atomic E-state index is 0.104. The number of aromatic nitrogens is 2. The number of guanidine groups is 1. The molecule has 7 nitrogen and oxygen atoms in total. The lowest BCUT2D eigenvalue weighted by Gasteiger charge is -2.32. The zero-order valence-electron chi connectivity index (χ0n) is 13.2. The molecule has 1 aliphatic heterocycles. The van der Waals surface area contributed by atoms with Gasteiger partial charge in [0.15, 0.2) is 5.96 Å². The Balaban J connectivity index is 2.01. The van der Waals surface area contributed by atoms with Crippen molar-refractivity contribution in [3.8, 4) is 11.8 Å². The molecule has 0 fully saturated rings. The maximum atomic E-state index is 12.1. The third-order valence-corrected chi connectivity index (χ3v) is 4.27. The molecule has 3 rings (SSSR count). The highest BCUT2D eigenvalue weighted by Gasteiger charge is 2.37. The number of halogens is 1. The van der Waals surface area contributed by atoms with Crippen LogP contribution in [0.1, 0.15) is 24.5 Å². The van der Waals surface area contributed by atoms with Crippen LogP contribution in [0.5, 0.6) is 0 Å². The second kappa shape index (κ2) is 5.65. The van der Waals surface area contributed by atoms with Crippen molar-refractivity contribution in [2.24, 2.45) is 10.7 Å². The van der Waals surface area contributed by atoms with Gasteiger partial charge in [0.25, 0.3) is 0 Å². The maximum absolute atomic E-state index is 12.1. The van der Waals surface area contributed by atoms with Gasteiger partial charge in [-0.2, -0.15) is 10.4 Å². The number of aliphatic imine (C=N–C) groups is 1. The van der Waals surface area contributed by atoms with E-state index in [1.165, 1.54) is 4.90 Å². The fraction of sp³-hybridized carbons (Fsp3) is 0.250. The molecule has 0 bridgehead atoms. The Hall–Kier alpha value is -2.85. The molecule has 2 heterocycles. The van der Waals surface area contributed by atoms with E-state index in [1.807, 2.05) is 6.92 Å². The number of nitriles is 1. The number of hydrogen-bond acceptors (Lipinski definition) is 5. The molecule has 0 saturated carbocycles. The largest absolute Gasteiger partial charge is 0.369 e. The molecule has 2 aromatic rings. The summed E-state index contributed by atoms with van der Waals surface area (Å²) in [6.07, 6.45) is 3.61. The second-order valence-electron chi connectivity index (χ2n) is 5.86. The van der Waals surface area contributed by atoms with Crippen LogP contribution in [0.15, 0.2) is 35.6 Å². The average molecular weight is 343 g/mol. The van der Waals surface area contributed by atoms with E-state index in [1.54, 1.807) is 42.3 Å². The van der Waals surface area contributed by atoms with Crippen LogP contribution in [0.3, 0.4) is 0 Å². The molecule has 1 aromatic carbocycles. The summed E-state index contributed by atoms with van der Waals surface area (Å²) < 4.78 is 1.60. The van der Waals surface area contributed by atoms with Gasteiger partial charge in [0.05, 0.1) is 35.5 Å². The molecule has 0 spiro atoms. The molecule has 0 unspecified atom stereocenters. The minimum atomic E-state index is -0.775. The normalized spacial score (nSPS) is 20.7. The number of carbonyl (C=O) groups is 1. The molecular weight excluding hydrogens is 328 g/mol. The quantitative estimate of drug-likeness (QED) is 0.899. The summed E-state index contributed by atoms with van der Waals surface area (Å²) in [4.78, 5) is 17.9. The third kappa shape index (κ3) is 2.72. The van der Waals surface area contributed by atoms with Crippen LogP contribution in [0.4, 0.5) is 0 Å². The van der Waals surface area contributed by atoms with Gasteiger partial charge in [-0.05, 0) is 25.1 Å². The molecule has 1 atom stereocenters. The lowest BCUT2D eigenvalue weighted by Crippen LogP contribution is -2.47. The fourth-order valence-electron chi connectivity index (χ4n) is 2.59. The predicted molar refractivity (Wildman–Crippen MR) is 89.7 cm³/mol. The Morgan fingerprint density at radius 3 is 2.83 bits per heavy atom. The number of rotatable bonds is 2. The molecule has 8 heteroatoms. The summed E-state index contributed by atoms with van der Waals surface area (Å²) in [5.74, 6) is 0.0725. The predicted octanol–water partition coefficient (Wildman–Crippen LogP) is 1.79. The minimum Gasteiger partial charge on any atom is -0.369 e. The van der Waals surface area contributed by atoms with Gasteiger partial charge in [-0.25, -0.2) is 9.67 Å². The Morgan fingerprint density at radius 2 is 2.17 bits per heavy atom. The summed E-state index contributed by atoms with van der Waals surface area (Å²) in [6.45, 7) is 1.84. The molecule has 24 heavy (non-hydrogen) atoms. The number of amides is 1. The van der Waals surface area contributed by atoms with Crippen LogP contribution in [-0.2, 0) is 10.3 Å². The van der Waals surface area contributed by atoms with Crippen molar-refractivity contribution in [1.82, 2.24) is 14.7 Å². The van der Waals surface area contributed by atoms with Crippen LogP contribution in [0, 0.1) is 11.3 Å². The second-order valence-corrected chi connectivity index (χ2v) is 6.29. The summed E-state index contributed by atoms with van der Waals surface area (Å²) in [7, 11) is 1.60. The third-order valence-electron chi connectivity index (χ3n) is 4.06. The number of nitrogens with zero attached hydrogens (tertiary/aromatic N) is 5. The van der Waals surface area contributed by atoms with Crippen LogP contribution < -0.4 is 5.73 Å². The van der Waals surface area contributed by atoms with E-state index < -0.39 is 5.54 Å². The lowest BCUT2D eigenvalue weighted by molar-refractivity contribution is -0.128. The van der Waals surface area contributed by atoms with Gasteiger partial charge in [-0.3, -0.25) is 9.69 Å². The topological polar surface area (TPSA) is 100 Å².